The third kappa shape index (κ3) is 2.77. The van der Waals surface area contributed by atoms with Crippen LogP contribution in [-0.4, -0.2) is 29.6 Å². The zero-order valence-corrected chi connectivity index (χ0v) is 9.95. The summed E-state index contributed by atoms with van der Waals surface area (Å²) in [5, 5.41) is 11.7. The van der Waals surface area contributed by atoms with E-state index in [0.717, 1.165) is 32.1 Å². The summed E-state index contributed by atoms with van der Waals surface area (Å²) in [5.41, 5.74) is 5.62. The number of nitrogens with two attached hydrogens (primary N) is 1. The van der Waals surface area contributed by atoms with Crippen molar-refractivity contribution >= 4 is 11.9 Å². The van der Waals surface area contributed by atoms with E-state index in [-0.39, 0.29) is 17.2 Å². The van der Waals surface area contributed by atoms with Crippen LogP contribution in [0.25, 0.3) is 0 Å². The van der Waals surface area contributed by atoms with E-state index in [4.69, 9.17) is 10.8 Å². The van der Waals surface area contributed by atoms with Crippen LogP contribution in [0.4, 0.5) is 0 Å². The molecule has 0 saturated heterocycles. The molecule has 0 spiro atoms. The molecule has 2 saturated carbocycles. The van der Waals surface area contributed by atoms with Crippen molar-refractivity contribution in [2.45, 2.75) is 44.6 Å². The predicted molar refractivity (Wildman–Crippen MR) is 62.2 cm³/mol. The highest BCUT2D eigenvalue weighted by molar-refractivity contribution is 5.84. The number of carboxylic acids is 1. The first kappa shape index (κ1) is 12.4. The SMILES string of the molecule is NCC1(CC(=O)NC(C(=O)O)C2CC2)CCC1. The van der Waals surface area contributed by atoms with Gasteiger partial charge in [-0.2, -0.15) is 0 Å². The molecule has 5 heteroatoms. The average molecular weight is 240 g/mol. The quantitative estimate of drug-likeness (QED) is 0.629. The number of amides is 1. The molecule has 0 bridgehead atoms. The molecule has 2 aliphatic carbocycles. The normalized spacial score (nSPS) is 23.6. The molecule has 1 atom stereocenters. The lowest BCUT2D eigenvalue weighted by Gasteiger charge is -2.40. The molecule has 5 nitrogen and oxygen atoms in total. The van der Waals surface area contributed by atoms with Gasteiger partial charge in [0.2, 0.25) is 5.91 Å². The Morgan fingerprint density at radius 2 is 2.06 bits per heavy atom. The summed E-state index contributed by atoms with van der Waals surface area (Å²) in [5.74, 6) is -0.947. The number of carbonyl (C=O) groups is 2. The summed E-state index contributed by atoms with van der Waals surface area (Å²) in [4.78, 5) is 22.8. The van der Waals surface area contributed by atoms with Gasteiger partial charge in [-0.3, -0.25) is 4.79 Å². The molecule has 2 rings (SSSR count). The number of aliphatic carboxylic acids is 1. The molecule has 0 heterocycles. The number of carboxylic acid groups (broad SMARTS) is 1. The Morgan fingerprint density at radius 1 is 1.41 bits per heavy atom. The maximum atomic E-state index is 11.8. The molecule has 17 heavy (non-hydrogen) atoms. The molecule has 4 N–H and O–H groups in total. The van der Waals surface area contributed by atoms with E-state index < -0.39 is 12.0 Å². The number of nitrogens with one attached hydrogen (secondary N) is 1. The van der Waals surface area contributed by atoms with Gasteiger partial charge in [-0.05, 0) is 43.6 Å². The van der Waals surface area contributed by atoms with Crippen molar-refractivity contribution in [3.8, 4) is 0 Å². The summed E-state index contributed by atoms with van der Waals surface area (Å²) in [6, 6.07) is -0.697. The highest BCUT2D eigenvalue weighted by Crippen LogP contribution is 2.43. The van der Waals surface area contributed by atoms with Gasteiger partial charge in [0.05, 0.1) is 0 Å². The van der Waals surface area contributed by atoms with Crippen molar-refractivity contribution < 1.29 is 14.7 Å². The summed E-state index contributed by atoms with van der Waals surface area (Å²) in [6.07, 6.45) is 5.27. The molecule has 0 aromatic rings. The number of hydrogen-bond acceptors (Lipinski definition) is 3. The van der Waals surface area contributed by atoms with Crippen LogP contribution >= 0.6 is 0 Å². The average Bonchev–Trinajstić information content (AvgIpc) is 3.03. The third-order valence-electron chi connectivity index (χ3n) is 4.06. The van der Waals surface area contributed by atoms with E-state index in [1.165, 1.54) is 0 Å². The monoisotopic (exact) mass is 240 g/mol. The molecule has 1 unspecified atom stereocenters. The standard InChI is InChI=1S/C12H20N2O3/c13-7-12(4-1-5-12)6-9(15)14-10(11(16)17)8-2-3-8/h8,10H,1-7,13H2,(H,14,15)(H,16,17). The highest BCUT2D eigenvalue weighted by atomic mass is 16.4. The summed E-state index contributed by atoms with van der Waals surface area (Å²) in [6.45, 7) is 0.515. The van der Waals surface area contributed by atoms with Gasteiger partial charge in [0.1, 0.15) is 6.04 Å². The Morgan fingerprint density at radius 3 is 2.41 bits per heavy atom. The van der Waals surface area contributed by atoms with E-state index >= 15 is 0 Å². The minimum Gasteiger partial charge on any atom is -0.480 e. The first-order valence-corrected chi connectivity index (χ1v) is 6.29. The van der Waals surface area contributed by atoms with Crippen molar-refractivity contribution in [1.29, 1.82) is 0 Å². The van der Waals surface area contributed by atoms with Gasteiger partial charge in [-0.1, -0.05) is 6.42 Å². The predicted octanol–water partition coefficient (Wildman–Crippen LogP) is 0.485. The van der Waals surface area contributed by atoms with Crippen molar-refractivity contribution in [3.63, 3.8) is 0 Å². The Kier molecular flexibility index (Phi) is 3.38. The van der Waals surface area contributed by atoms with Gasteiger partial charge in [0.15, 0.2) is 0 Å². The van der Waals surface area contributed by atoms with Crippen LogP contribution < -0.4 is 11.1 Å². The van der Waals surface area contributed by atoms with Crippen LogP contribution in [0.15, 0.2) is 0 Å². The van der Waals surface area contributed by atoms with Gasteiger partial charge >= 0.3 is 5.97 Å². The van der Waals surface area contributed by atoms with Crippen LogP contribution in [0.3, 0.4) is 0 Å². The smallest absolute Gasteiger partial charge is 0.326 e. The molecule has 1 amide bonds. The molecule has 0 radical (unpaired) electrons. The van der Waals surface area contributed by atoms with Crippen molar-refractivity contribution in [3.05, 3.63) is 0 Å². The fraction of sp³-hybridized carbons (Fsp3) is 0.833. The molecule has 2 fully saturated rings. The Hall–Kier alpha value is -1.10. The maximum absolute atomic E-state index is 11.8. The molecule has 96 valence electrons. The van der Waals surface area contributed by atoms with Gasteiger partial charge in [-0.25, -0.2) is 4.79 Å². The zero-order valence-electron chi connectivity index (χ0n) is 9.95. The number of hydrogen-bond donors (Lipinski definition) is 3. The lowest BCUT2D eigenvalue weighted by Crippen LogP contribution is -2.47. The first-order valence-electron chi connectivity index (χ1n) is 6.29. The highest BCUT2D eigenvalue weighted by Gasteiger charge is 2.41. The van der Waals surface area contributed by atoms with Crippen molar-refractivity contribution in [1.82, 2.24) is 5.32 Å². The summed E-state index contributed by atoms with van der Waals surface area (Å²) >= 11 is 0. The molecule has 2 aliphatic rings. The molecule has 0 aromatic heterocycles. The van der Waals surface area contributed by atoms with E-state index in [0.29, 0.717) is 13.0 Å². The largest absolute Gasteiger partial charge is 0.480 e. The van der Waals surface area contributed by atoms with Gasteiger partial charge in [0, 0.05) is 6.42 Å². The van der Waals surface area contributed by atoms with Crippen LogP contribution in [0.2, 0.25) is 0 Å². The zero-order chi connectivity index (χ0) is 12.5. The Labute approximate surface area is 101 Å². The number of rotatable bonds is 6. The second-order valence-electron chi connectivity index (χ2n) is 5.46. The summed E-state index contributed by atoms with van der Waals surface area (Å²) in [7, 11) is 0. The number of carbonyl (C=O) groups excluding carboxylic acids is 1. The van der Waals surface area contributed by atoms with E-state index in [2.05, 4.69) is 5.32 Å². The molecule has 0 aliphatic heterocycles. The fourth-order valence-electron chi connectivity index (χ4n) is 2.51. The topological polar surface area (TPSA) is 92.4 Å². The van der Waals surface area contributed by atoms with Crippen molar-refractivity contribution in [2.75, 3.05) is 6.54 Å². The van der Waals surface area contributed by atoms with E-state index in [1.807, 2.05) is 0 Å². The second-order valence-corrected chi connectivity index (χ2v) is 5.46. The van der Waals surface area contributed by atoms with Crippen LogP contribution in [0, 0.1) is 11.3 Å². The van der Waals surface area contributed by atoms with E-state index in [1.54, 1.807) is 0 Å². The fourth-order valence-corrected chi connectivity index (χ4v) is 2.51. The Balaban J connectivity index is 1.85. The summed E-state index contributed by atoms with van der Waals surface area (Å²) < 4.78 is 0. The van der Waals surface area contributed by atoms with Crippen LogP contribution in [0.1, 0.15) is 38.5 Å². The van der Waals surface area contributed by atoms with Gasteiger partial charge in [-0.15, -0.1) is 0 Å². The van der Waals surface area contributed by atoms with Gasteiger partial charge in [0.25, 0.3) is 0 Å². The lowest BCUT2D eigenvalue weighted by atomic mass is 9.66. The second kappa shape index (κ2) is 4.64. The first-order chi connectivity index (χ1) is 8.06. The molecular weight excluding hydrogens is 220 g/mol. The van der Waals surface area contributed by atoms with Gasteiger partial charge < -0.3 is 16.2 Å². The van der Waals surface area contributed by atoms with Crippen LogP contribution in [-0.2, 0) is 9.59 Å². The Bertz CT molecular complexity index is 316. The maximum Gasteiger partial charge on any atom is 0.326 e. The molecular formula is C12H20N2O3. The minimum atomic E-state index is -0.920. The van der Waals surface area contributed by atoms with E-state index in [9.17, 15) is 9.59 Å². The minimum absolute atomic E-state index is 0.0588. The lowest BCUT2D eigenvalue weighted by molar-refractivity contribution is -0.143. The van der Waals surface area contributed by atoms with Crippen LogP contribution in [0.5, 0.6) is 0 Å². The third-order valence-corrected chi connectivity index (χ3v) is 4.06. The molecule has 0 aromatic carbocycles. The van der Waals surface area contributed by atoms with Crippen molar-refractivity contribution in [2.24, 2.45) is 17.1 Å².